The summed E-state index contributed by atoms with van der Waals surface area (Å²) < 4.78 is 0. The van der Waals surface area contributed by atoms with Crippen LogP contribution in [0.15, 0.2) is 35.6 Å². The summed E-state index contributed by atoms with van der Waals surface area (Å²) >= 11 is 5.64. The predicted octanol–water partition coefficient (Wildman–Crippen LogP) is 3.51. The van der Waals surface area contributed by atoms with Gasteiger partial charge in [0.15, 0.2) is 0 Å². The van der Waals surface area contributed by atoms with Gasteiger partial charge in [-0.05, 0) is 29.3 Å². The number of benzene rings is 1. The van der Waals surface area contributed by atoms with E-state index in [9.17, 15) is 4.79 Å². The monoisotopic (exact) mass is 290 g/mol. The first kappa shape index (κ1) is 13.6. The van der Waals surface area contributed by atoms with E-state index in [1.165, 1.54) is 0 Å². The number of nitrogens with one attached hydrogen (secondary N) is 1. The van der Waals surface area contributed by atoms with Gasteiger partial charge in [-0.2, -0.15) is 4.98 Å². The number of carboxylic acid groups (broad SMARTS) is 1. The number of halogens is 1. The number of carbonyl (C=O) groups is 1. The topological polar surface area (TPSA) is 124 Å². The van der Waals surface area contributed by atoms with Crippen molar-refractivity contribution in [3.8, 4) is 0 Å². The van der Waals surface area contributed by atoms with Crippen LogP contribution in [0.1, 0.15) is 10.4 Å². The van der Waals surface area contributed by atoms with Crippen molar-refractivity contribution in [2.75, 3.05) is 5.32 Å². The van der Waals surface area contributed by atoms with E-state index in [1.54, 1.807) is 24.3 Å². The zero-order valence-electron chi connectivity index (χ0n) is 9.86. The minimum Gasteiger partial charge on any atom is -0.477 e. The Morgan fingerprint density at radius 3 is 2.70 bits per heavy atom. The standard InChI is InChI=1S/C11H7ClN6O2/c12-11-14-5-8(10(19)20)9(16-11)15-6-1-3-7(4-2-6)17-18-13/h1-5H,(H,19,20)(H,14,15,16). The molecule has 0 amide bonds. The highest BCUT2D eigenvalue weighted by atomic mass is 35.5. The Balaban J connectivity index is 2.31. The third-order valence-corrected chi connectivity index (χ3v) is 2.46. The molecule has 0 radical (unpaired) electrons. The smallest absolute Gasteiger partial charge is 0.341 e. The molecular weight excluding hydrogens is 284 g/mol. The molecule has 8 nitrogen and oxygen atoms in total. The number of carboxylic acids is 1. The van der Waals surface area contributed by atoms with E-state index >= 15 is 0 Å². The summed E-state index contributed by atoms with van der Waals surface area (Å²) in [5.41, 5.74) is 9.21. The number of nitrogens with zero attached hydrogens (tertiary/aromatic N) is 5. The Morgan fingerprint density at radius 2 is 2.10 bits per heavy atom. The molecule has 0 atom stereocenters. The second-order valence-electron chi connectivity index (χ2n) is 3.57. The molecule has 0 aliphatic heterocycles. The molecule has 0 saturated heterocycles. The molecule has 0 aliphatic rings. The lowest BCUT2D eigenvalue weighted by molar-refractivity contribution is 0.0697. The van der Waals surface area contributed by atoms with Crippen LogP contribution in [0.25, 0.3) is 10.4 Å². The highest BCUT2D eigenvalue weighted by Crippen LogP contribution is 2.22. The molecule has 0 unspecified atom stereocenters. The molecule has 2 rings (SSSR count). The van der Waals surface area contributed by atoms with Gasteiger partial charge in [-0.1, -0.05) is 17.2 Å². The maximum atomic E-state index is 11.0. The number of hydrogen-bond donors (Lipinski definition) is 2. The van der Waals surface area contributed by atoms with Crippen molar-refractivity contribution in [1.29, 1.82) is 0 Å². The van der Waals surface area contributed by atoms with Crippen LogP contribution in [0.5, 0.6) is 0 Å². The number of rotatable bonds is 4. The maximum Gasteiger partial charge on any atom is 0.341 e. The van der Waals surface area contributed by atoms with Gasteiger partial charge in [0.1, 0.15) is 11.4 Å². The Labute approximate surface area is 117 Å². The Bertz CT molecular complexity index is 697. The summed E-state index contributed by atoms with van der Waals surface area (Å²) in [5.74, 6) is -1.09. The first-order valence-corrected chi connectivity index (χ1v) is 5.66. The van der Waals surface area contributed by atoms with Crippen LogP contribution < -0.4 is 5.32 Å². The number of azide groups is 1. The molecule has 1 aromatic carbocycles. The van der Waals surface area contributed by atoms with Crippen molar-refractivity contribution in [2.45, 2.75) is 0 Å². The van der Waals surface area contributed by atoms with E-state index in [1.807, 2.05) is 0 Å². The van der Waals surface area contributed by atoms with Gasteiger partial charge in [-0.25, -0.2) is 9.78 Å². The minimum atomic E-state index is -1.17. The number of aromatic carboxylic acids is 1. The van der Waals surface area contributed by atoms with Crippen molar-refractivity contribution in [3.05, 3.63) is 51.8 Å². The van der Waals surface area contributed by atoms with Crippen LogP contribution in [0, 0.1) is 0 Å². The molecule has 2 N–H and O–H groups in total. The molecule has 9 heteroatoms. The van der Waals surface area contributed by atoms with Gasteiger partial charge in [0, 0.05) is 22.5 Å². The van der Waals surface area contributed by atoms with Gasteiger partial charge >= 0.3 is 5.97 Å². The number of hydrogen-bond acceptors (Lipinski definition) is 5. The van der Waals surface area contributed by atoms with Crippen LogP contribution in [0.4, 0.5) is 17.2 Å². The van der Waals surface area contributed by atoms with Crippen molar-refractivity contribution < 1.29 is 9.90 Å². The largest absolute Gasteiger partial charge is 0.477 e. The maximum absolute atomic E-state index is 11.0. The van der Waals surface area contributed by atoms with Crippen LogP contribution in [0.3, 0.4) is 0 Å². The quantitative estimate of drug-likeness (QED) is 0.386. The predicted molar refractivity (Wildman–Crippen MR) is 72.5 cm³/mol. The molecule has 0 saturated carbocycles. The number of anilines is 2. The summed E-state index contributed by atoms with van der Waals surface area (Å²) in [6.45, 7) is 0. The van der Waals surface area contributed by atoms with Gasteiger partial charge in [0.2, 0.25) is 5.28 Å². The molecule has 0 fully saturated rings. The summed E-state index contributed by atoms with van der Waals surface area (Å²) in [7, 11) is 0. The molecule has 2 aromatic rings. The molecule has 0 bridgehead atoms. The van der Waals surface area contributed by atoms with Gasteiger partial charge in [0.25, 0.3) is 0 Å². The molecule has 0 aliphatic carbocycles. The zero-order valence-corrected chi connectivity index (χ0v) is 10.6. The van der Waals surface area contributed by atoms with E-state index < -0.39 is 5.97 Å². The van der Waals surface area contributed by atoms with E-state index in [0.717, 1.165) is 6.20 Å². The zero-order chi connectivity index (χ0) is 14.5. The van der Waals surface area contributed by atoms with Crippen LogP contribution in [-0.2, 0) is 0 Å². The minimum absolute atomic E-state index is 0.0665. The summed E-state index contributed by atoms with van der Waals surface area (Å²) in [6.07, 6.45) is 1.12. The van der Waals surface area contributed by atoms with Crippen LogP contribution >= 0.6 is 11.6 Å². The molecule has 20 heavy (non-hydrogen) atoms. The molecular formula is C11H7ClN6O2. The molecule has 0 spiro atoms. The van der Waals surface area contributed by atoms with Crippen molar-refractivity contribution in [3.63, 3.8) is 0 Å². The van der Waals surface area contributed by atoms with Gasteiger partial charge in [-0.15, -0.1) is 0 Å². The van der Waals surface area contributed by atoms with Gasteiger partial charge in [-0.3, -0.25) is 0 Å². The van der Waals surface area contributed by atoms with Crippen LogP contribution in [-0.4, -0.2) is 21.0 Å². The van der Waals surface area contributed by atoms with E-state index in [-0.39, 0.29) is 16.7 Å². The first-order valence-electron chi connectivity index (χ1n) is 5.28. The van der Waals surface area contributed by atoms with Gasteiger partial charge < -0.3 is 10.4 Å². The Morgan fingerprint density at radius 1 is 1.40 bits per heavy atom. The fourth-order valence-corrected chi connectivity index (χ4v) is 1.55. The van der Waals surface area contributed by atoms with Gasteiger partial charge in [0.05, 0.1) is 0 Å². The second-order valence-corrected chi connectivity index (χ2v) is 3.91. The molecule has 1 heterocycles. The average Bonchev–Trinajstić information content (AvgIpc) is 2.41. The normalized spacial score (nSPS) is 9.65. The number of aromatic nitrogens is 2. The molecule has 1 aromatic heterocycles. The SMILES string of the molecule is [N-]=[N+]=Nc1ccc(Nc2nc(Cl)ncc2C(=O)O)cc1. The fourth-order valence-electron chi connectivity index (χ4n) is 1.41. The van der Waals surface area contributed by atoms with E-state index in [0.29, 0.717) is 11.4 Å². The average molecular weight is 291 g/mol. The first-order chi connectivity index (χ1) is 9.60. The highest BCUT2D eigenvalue weighted by Gasteiger charge is 2.13. The fraction of sp³-hybridized carbons (Fsp3) is 0. The van der Waals surface area contributed by atoms with E-state index in [4.69, 9.17) is 22.2 Å². The van der Waals surface area contributed by atoms with Crippen LogP contribution in [0.2, 0.25) is 5.28 Å². The summed E-state index contributed by atoms with van der Waals surface area (Å²) in [4.78, 5) is 21.1. The van der Waals surface area contributed by atoms with E-state index in [2.05, 4.69) is 25.3 Å². The van der Waals surface area contributed by atoms with Crippen molar-refractivity contribution in [2.24, 2.45) is 5.11 Å². The second kappa shape index (κ2) is 5.87. The van der Waals surface area contributed by atoms with Crippen molar-refractivity contribution in [1.82, 2.24) is 9.97 Å². The lowest BCUT2D eigenvalue weighted by atomic mass is 10.2. The Hall–Kier alpha value is -2.83. The third kappa shape index (κ3) is 3.14. The lowest BCUT2D eigenvalue weighted by Crippen LogP contribution is -2.06. The summed E-state index contributed by atoms with van der Waals surface area (Å²) in [5, 5.41) is 15.2. The lowest BCUT2D eigenvalue weighted by Gasteiger charge is -2.08. The summed E-state index contributed by atoms with van der Waals surface area (Å²) in [6, 6.07) is 6.38. The van der Waals surface area contributed by atoms with Crippen molar-refractivity contribution >= 4 is 34.8 Å². The highest BCUT2D eigenvalue weighted by molar-refractivity contribution is 6.28. The Kier molecular flexibility index (Phi) is 3.99. The molecule has 100 valence electrons. The third-order valence-electron chi connectivity index (χ3n) is 2.28.